The molecule has 7 heteroatoms. The van der Waals surface area contributed by atoms with Gasteiger partial charge in [0.05, 0.1) is 13.2 Å². The zero-order valence-corrected chi connectivity index (χ0v) is 17.5. The van der Waals surface area contributed by atoms with Gasteiger partial charge in [0.15, 0.2) is 0 Å². The summed E-state index contributed by atoms with van der Waals surface area (Å²) in [4.78, 5) is 34.9. The molecule has 1 N–H and O–H groups in total. The van der Waals surface area contributed by atoms with E-state index in [0.29, 0.717) is 32.2 Å². The lowest BCUT2D eigenvalue weighted by Crippen LogP contribution is -2.48. The van der Waals surface area contributed by atoms with Crippen LogP contribution in [0.1, 0.15) is 31.7 Å². The number of benzene rings is 1. The van der Waals surface area contributed by atoms with Crippen LogP contribution >= 0.6 is 0 Å². The first-order chi connectivity index (χ1) is 14.0. The molecule has 4 rings (SSSR count). The summed E-state index contributed by atoms with van der Waals surface area (Å²) in [5, 5.41) is 3.03. The molecule has 1 spiro atoms. The first-order valence-corrected chi connectivity index (χ1v) is 10.5. The molecule has 1 saturated carbocycles. The average molecular weight is 399 g/mol. The van der Waals surface area contributed by atoms with Crippen LogP contribution in [-0.4, -0.2) is 66.5 Å². The minimum atomic E-state index is -0.693. The third-order valence-electron chi connectivity index (χ3n) is 6.72. The van der Waals surface area contributed by atoms with E-state index in [1.807, 2.05) is 47.9 Å². The number of methoxy groups -OCH3 is 1. The molecule has 0 unspecified atom stereocenters. The van der Waals surface area contributed by atoms with E-state index < -0.39 is 5.54 Å². The van der Waals surface area contributed by atoms with Crippen LogP contribution in [0.5, 0.6) is 0 Å². The number of anilines is 1. The predicted octanol–water partition coefficient (Wildman–Crippen LogP) is 2.90. The number of ether oxygens (including phenoxy) is 1. The summed E-state index contributed by atoms with van der Waals surface area (Å²) in [5.74, 6) is 1.37. The van der Waals surface area contributed by atoms with E-state index in [0.717, 1.165) is 36.3 Å². The van der Waals surface area contributed by atoms with Crippen molar-refractivity contribution in [3.05, 3.63) is 29.8 Å². The number of hydrogen-bond acceptors (Lipinski definition) is 4. The van der Waals surface area contributed by atoms with Crippen molar-refractivity contribution in [3.8, 4) is 0 Å². The van der Waals surface area contributed by atoms with E-state index in [1.54, 1.807) is 7.11 Å². The van der Waals surface area contributed by atoms with Crippen molar-refractivity contribution < 1.29 is 14.3 Å². The minimum Gasteiger partial charge on any atom is -0.383 e. The quantitative estimate of drug-likeness (QED) is 0.829. The highest BCUT2D eigenvalue weighted by atomic mass is 16.5. The Morgan fingerprint density at radius 1 is 1.34 bits per heavy atom. The van der Waals surface area contributed by atoms with Gasteiger partial charge in [-0.1, -0.05) is 25.1 Å². The summed E-state index contributed by atoms with van der Waals surface area (Å²) in [6.45, 7) is 6.32. The van der Waals surface area contributed by atoms with Crippen molar-refractivity contribution >= 4 is 23.5 Å². The van der Waals surface area contributed by atoms with Crippen LogP contribution in [0.4, 0.5) is 10.5 Å². The van der Waals surface area contributed by atoms with Crippen LogP contribution in [0.2, 0.25) is 0 Å². The largest absolute Gasteiger partial charge is 0.383 e. The molecule has 1 aliphatic carbocycles. The first kappa shape index (κ1) is 19.9. The maximum Gasteiger partial charge on any atom is 0.321 e. The van der Waals surface area contributed by atoms with E-state index in [2.05, 4.69) is 5.32 Å². The number of carbonyl (C=O) groups is 2. The van der Waals surface area contributed by atoms with Crippen molar-refractivity contribution in [1.82, 2.24) is 9.80 Å². The number of amidine groups is 1. The topological polar surface area (TPSA) is 74.2 Å². The maximum absolute atomic E-state index is 13.4. The fourth-order valence-electron chi connectivity index (χ4n) is 5.15. The van der Waals surface area contributed by atoms with Crippen LogP contribution in [0.25, 0.3) is 0 Å². The highest BCUT2D eigenvalue weighted by molar-refractivity contribution is 6.08. The Labute approximate surface area is 172 Å². The number of nitrogens with zero attached hydrogens (tertiary/aromatic N) is 3. The van der Waals surface area contributed by atoms with Gasteiger partial charge >= 0.3 is 6.03 Å². The number of para-hydroxylation sites is 1. The number of urea groups is 1. The smallest absolute Gasteiger partial charge is 0.321 e. The number of aliphatic imine (C=N–C) groups is 1. The number of likely N-dealkylation sites (tertiary alicyclic amines) is 1. The van der Waals surface area contributed by atoms with Gasteiger partial charge in [-0.3, -0.25) is 14.7 Å². The van der Waals surface area contributed by atoms with Crippen molar-refractivity contribution in [2.75, 3.05) is 38.7 Å². The van der Waals surface area contributed by atoms with Crippen molar-refractivity contribution in [2.24, 2.45) is 16.8 Å². The molecule has 3 aliphatic rings. The van der Waals surface area contributed by atoms with Gasteiger partial charge in [-0.05, 0) is 37.3 Å². The SMILES string of the molecule is CCC1=N[C@@]2(CC[C@@H]3CN(C(=O)Nc4ccccc4C)C[C@@H]32)C(=O)N1CCOC. The zero-order valence-electron chi connectivity index (χ0n) is 17.5. The molecule has 7 nitrogen and oxygen atoms in total. The Morgan fingerprint density at radius 3 is 2.86 bits per heavy atom. The fraction of sp³-hybridized carbons (Fsp3) is 0.591. The molecule has 29 heavy (non-hydrogen) atoms. The summed E-state index contributed by atoms with van der Waals surface area (Å²) < 4.78 is 5.19. The van der Waals surface area contributed by atoms with E-state index in [1.165, 1.54) is 0 Å². The number of amides is 3. The number of hydrogen-bond donors (Lipinski definition) is 1. The minimum absolute atomic E-state index is 0.0896. The van der Waals surface area contributed by atoms with E-state index >= 15 is 0 Å². The molecule has 2 fully saturated rings. The molecule has 156 valence electrons. The summed E-state index contributed by atoms with van der Waals surface area (Å²) in [6.07, 6.45) is 2.44. The van der Waals surface area contributed by atoms with Gasteiger partial charge in [0, 0.05) is 38.2 Å². The lowest BCUT2D eigenvalue weighted by Gasteiger charge is -2.28. The first-order valence-electron chi connectivity index (χ1n) is 10.5. The van der Waals surface area contributed by atoms with Gasteiger partial charge in [0.2, 0.25) is 0 Å². The maximum atomic E-state index is 13.4. The molecule has 1 saturated heterocycles. The molecule has 2 heterocycles. The molecule has 0 radical (unpaired) electrons. The van der Waals surface area contributed by atoms with Gasteiger partial charge in [-0.25, -0.2) is 4.79 Å². The van der Waals surface area contributed by atoms with Crippen LogP contribution < -0.4 is 5.32 Å². The second-order valence-corrected chi connectivity index (χ2v) is 8.31. The zero-order chi connectivity index (χ0) is 20.6. The highest BCUT2D eigenvalue weighted by Crippen LogP contribution is 2.50. The highest BCUT2D eigenvalue weighted by Gasteiger charge is 2.61. The van der Waals surface area contributed by atoms with E-state index in [-0.39, 0.29) is 17.9 Å². The van der Waals surface area contributed by atoms with Crippen molar-refractivity contribution in [2.45, 2.75) is 38.6 Å². The van der Waals surface area contributed by atoms with Crippen LogP contribution in [0, 0.1) is 18.8 Å². The number of aryl methyl sites for hydroxylation is 1. The Morgan fingerprint density at radius 2 is 2.14 bits per heavy atom. The molecule has 0 bridgehead atoms. The summed E-state index contributed by atoms with van der Waals surface area (Å²) in [7, 11) is 1.65. The molecule has 1 aromatic rings. The monoisotopic (exact) mass is 398 g/mol. The standard InChI is InChI=1S/C22H30N4O3/c1-4-19-24-22(20(27)26(19)11-12-29-3)10-9-16-13-25(14-17(16)22)21(28)23-18-8-6-5-7-15(18)2/h5-8,16-17H,4,9-14H2,1-3H3,(H,23,28)/t16-,17+,22-/m1/s1. The molecule has 3 atom stereocenters. The summed E-state index contributed by atoms with van der Waals surface area (Å²) >= 11 is 0. The molecule has 0 aromatic heterocycles. The van der Waals surface area contributed by atoms with E-state index in [9.17, 15) is 9.59 Å². The third kappa shape index (κ3) is 3.31. The van der Waals surface area contributed by atoms with Crippen LogP contribution in [-0.2, 0) is 9.53 Å². The Balaban J connectivity index is 1.50. The Bertz CT molecular complexity index is 839. The fourth-order valence-corrected chi connectivity index (χ4v) is 5.15. The van der Waals surface area contributed by atoms with Crippen LogP contribution in [0.3, 0.4) is 0 Å². The molecular formula is C22H30N4O3. The van der Waals surface area contributed by atoms with Crippen LogP contribution in [0.15, 0.2) is 29.3 Å². The normalized spacial score (nSPS) is 28.2. The average Bonchev–Trinajstić information content (AvgIpc) is 3.36. The lowest BCUT2D eigenvalue weighted by molar-refractivity contribution is -0.132. The summed E-state index contributed by atoms with van der Waals surface area (Å²) in [5.41, 5.74) is 1.17. The lowest BCUT2D eigenvalue weighted by atomic mass is 9.85. The molecule has 1 aromatic carbocycles. The number of fused-ring (bicyclic) bond motifs is 2. The van der Waals surface area contributed by atoms with Crippen molar-refractivity contribution in [1.29, 1.82) is 0 Å². The second kappa shape index (κ2) is 7.78. The Kier molecular flexibility index (Phi) is 5.34. The third-order valence-corrected chi connectivity index (χ3v) is 6.72. The van der Waals surface area contributed by atoms with Crippen molar-refractivity contribution in [3.63, 3.8) is 0 Å². The van der Waals surface area contributed by atoms with Gasteiger partial charge in [-0.2, -0.15) is 0 Å². The second-order valence-electron chi connectivity index (χ2n) is 8.31. The van der Waals surface area contributed by atoms with Gasteiger partial charge in [-0.15, -0.1) is 0 Å². The number of nitrogens with one attached hydrogen (secondary N) is 1. The number of carbonyl (C=O) groups excluding carboxylic acids is 2. The molecule has 2 aliphatic heterocycles. The van der Waals surface area contributed by atoms with Gasteiger partial charge in [0.25, 0.3) is 5.91 Å². The number of rotatable bonds is 5. The molecular weight excluding hydrogens is 368 g/mol. The predicted molar refractivity (Wildman–Crippen MR) is 112 cm³/mol. The van der Waals surface area contributed by atoms with Gasteiger partial charge in [0.1, 0.15) is 11.4 Å². The van der Waals surface area contributed by atoms with Gasteiger partial charge < -0.3 is 15.0 Å². The molecule has 3 amide bonds. The van der Waals surface area contributed by atoms with E-state index in [4.69, 9.17) is 9.73 Å². The summed E-state index contributed by atoms with van der Waals surface area (Å²) in [6, 6.07) is 7.68. The Hall–Kier alpha value is -2.41.